The van der Waals surface area contributed by atoms with E-state index >= 15 is 0 Å². The van der Waals surface area contributed by atoms with E-state index in [9.17, 15) is 4.79 Å². The lowest BCUT2D eigenvalue weighted by atomic mass is 10.2. The third-order valence-corrected chi connectivity index (χ3v) is 2.51. The van der Waals surface area contributed by atoms with Crippen LogP contribution in [0.25, 0.3) is 0 Å². The van der Waals surface area contributed by atoms with E-state index in [0.29, 0.717) is 23.7 Å². The van der Waals surface area contributed by atoms with Gasteiger partial charge in [0, 0.05) is 13.2 Å². The van der Waals surface area contributed by atoms with Gasteiger partial charge in [-0.1, -0.05) is 12.1 Å². The molecule has 0 saturated heterocycles. The highest BCUT2D eigenvalue weighted by Crippen LogP contribution is 2.24. The first kappa shape index (κ1) is 12.9. The lowest BCUT2D eigenvalue weighted by Crippen LogP contribution is -2.15. The monoisotopic (exact) mass is 260 g/mol. The number of amides is 1. The molecule has 0 unspecified atom stereocenters. The van der Waals surface area contributed by atoms with Gasteiger partial charge in [0.15, 0.2) is 5.69 Å². The molecule has 0 aliphatic heterocycles. The van der Waals surface area contributed by atoms with Crippen LogP contribution in [0.5, 0.6) is 5.75 Å². The molecule has 2 aromatic rings. The molecule has 0 radical (unpaired) electrons. The molecule has 1 aromatic heterocycles. The number of hydrogen-bond donors (Lipinski definition) is 2. The first-order valence-corrected chi connectivity index (χ1v) is 5.94. The molecule has 6 heteroatoms. The summed E-state index contributed by atoms with van der Waals surface area (Å²) in [5.74, 6) is 0.262. The molecule has 0 aliphatic carbocycles. The topological polar surface area (TPSA) is 82.2 Å². The number of carbonyl (C=O) groups is 1. The summed E-state index contributed by atoms with van der Waals surface area (Å²) < 4.78 is 6.94. The highest BCUT2D eigenvalue weighted by molar-refractivity contribution is 6.06. The highest BCUT2D eigenvalue weighted by atomic mass is 16.5. The minimum absolute atomic E-state index is 0.203. The molecule has 100 valence electrons. The molecule has 0 spiro atoms. The Kier molecular flexibility index (Phi) is 3.70. The Hall–Kier alpha value is -2.50. The second-order valence-corrected chi connectivity index (χ2v) is 3.99. The zero-order valence-corrected chi connectivity index (χ0v) is 10.9. The number of ether oxygens (including phenoxy) is 1. The Morgan fingerprint density at radius 3 is 2.84 bits per heavy atom. The summed E-state index contributed by atoms with van der Waals surface area (Å²) in [7, 11) is 1.71. The zero-order chi connectivity index (χ0) is 13.8. The lowest BCUT2D eigenvalue weighted by Gasteiger charge is -2.10. The molecule has 0 fully saturated rings. The number of nitrogen functional groups attached to an aromatic ring is 1. The maximum Gasteiger partial charge on any atom is 0.278 e. The molecular weight excluding hydrogens is 244 g/mol. The molecule has 0 aliphatic rings. The molecule has 1 amide bonds. The van der Waals surface area contributed by atoms with Crippen molar-refractivity contribution in [1.29, 1.82) is 0 Å². The number of aryl methyl sites for hydroxylation is 1. The van der Waals surface area contributed by atoms with Crippen LogP contribution >= 0.6 is 0 Å². The summed E-state index contributed by atoms with van der Waals surface area (Å²) in [5, 5.41) is 6.77. The van der Waals surface area contributed by atoms with Gasteiger partial charge in [0.2, 0.25) is 0 Å². The summed E-state index contributed by atoms with van der Waals surface area (Å²) in [6.45, 7) is 2.41. The van der Waals surface area contributed by atoms with Crippen LogP contribution in [0.1, 0.15) is 17.4 Å². The maximum absolute atomic E-state index is 12.1. The quantitative estimate of drug-likeness (QED) is 0.875. The van der Waals surface area contributed by atoms with Crippen LogP contribution in [-0.2, 0) is 7.05 Å². The number of hydrogen-bond acceptors (Lipinski definition) is 4. The van der Waals surface area contributed by atoms with E-state index in [1.165, 1.54) is 4.68 Å². The number of benzene rings is 1. The summed E-state index contributed by atoms with van der Waals surface area (Å²) in [6, 6.07) is 7.22. The lowest BCUT2D eigenvalue weighted by molar-refractivity contribution is 0.102. The van der Waals surface area contributed by atoms with Gasteiger partial charge in [-0.3, -0.25) is 9.48 Å². The largest absolute Gasteiger partial charge is 0.492 e. The minimum Gasteiger partial charge on any atom is -0.492 e. The van der Waals surface area contributed by atoms with E-state index in [2.05, 4.69) is 10.4 Å². The van der Waals surface area contributed by atoms with Crippen molar-refractivity contribution in [1.82, 2.24) is 9.78 Å². The van der Waals surface area contributed by atoms with Crippen LogP contribution < -0.4 is 15.8 Å². The predicted octanol–water partition coefficient (Wildman–Crippen LogP) is 1.65. The zero-order valence-electron chi connectivity index (χ0n) is 10.9. The molecule has 3 N–H and O–H groups in total. The van der Waals surface area contributed by atoms with Crippen molar-refractivity contribution >= 4 is 17.3 Å². The smallest absolute Gasteiger partial charge is 0.278 e. The number of anilines is 2. The molecule has 19 heavy (non-hydrogen) atoms. The number of nitrogens with two attached hydrogens (primary N) is 1. The standard InChI is InChI=1S/C13H16N4O2/c1-3-19-11-7-5-4-6-10(11)15-13(18)12-9(14)8-17(2)16-12/h4-8H,3,14H2,1-2H3,(H,15,18). The van der Waals surface area contributed by atoms with Crippen LogP contribution in [0, 0.1) is 0 Å². The number of aromatic nitrogens is 2. The molecule has 2 rings (SSSR count). The second-order valence-electron chi connectivity index (χ2n) is 3.99. The van der Waals surface area contributed by atoms with E-state index in [4.69, 9.17) is 10.5 Å². The van der Waals surface area contributed by atoms with Crippen molar-refractivity contribution in [2.45, 2.75) is 6.92 Å². The number of nitrogens with one attached hydrogen (secondary N) is 1. The van der Waals surface area contributed by atoms with Crippen molar-refractivity contribution in [3.8, 4) is 5.75 Å². The fourth-order valence-electron chi connectivity index (χ4n) is 1.72. The number of rotatable bonds is 4. The van der Waals surface area contributed by atoms with E-state index in [1.807, 2.05) is 19.1 Å². The molecule has 0 atom stereocenters. The SMILES string of the molecule is CCOc1ccccc1NC(=O)c1nn(C)cc1N. The predicted molar refractivity (Wildman–Crippen MR) is 73.2 cm³/mol. The molecule has 0 saturated carbocycles. The second kappa shape index (κ2) is 5.43. The van der Waals surface area contributed by atoms with Gasteiger partial charge in [-0.25, -0.2) is 0 Å². The van der Waals surface area contributed by atoms with Gasteiger partial charge in [0.05, 0.1) is 18.0 Å². The third-order valence-electron chi connectivity index (χ3n) is 2.51. The average molecular weight is 260 g/mol. The van der Waals surface area contributed by atoms with Crippen molar-refractivity contribution < 1.29 is 9.53 Å². The summed E-state index contributed by atoms with van der Waals surface area (Å²) >= 11 is 0. The normalized spacial score (nSPS) is 10.2. The fraction of sp³-hybridized carbons (Fsp3) is 0.231. The Morgan fingerprint density at radius 2 is 2.21 bits per heavy atom. The van der Waals surface area contributed by atoms with E-state index < -0.39 is 0 Å². The molecule has 0 bridgehead atoms. The van der Waals surface area contributed by atoms with Crippen LogP contribution in [0.15, 0.2) is 30.5 Å². The fourth-order valence-corrected chi connectivity index (χ4v) is 1.72. The van der Waals surface area contributed by atoms with Crippen LogP contribution in [-0.4, -0.2) is 22.3 Å². The first-order chi connectivity index (χ1) is 9.11. The van der Waals surface area contributed by atoms with Gasteiger partial charge >= 0.3 is 0 Å². The summed E-state index contributed by atoms with van der Waals surface area (Å²) in [4.78, 5) is 12.1. The van der Waals surface area contributed by atoms with Crippen LogP contribution in [0.4, 0.5) is 11.4 Å². The minimum atomic E-state index is -0.356. The molecular formula is C13H16N4O2. The van der Waals surface area contributed by atoms with E-state index in [-0.39, 0.29) is 11.6 Å². The van der Waals surface area contributed by atoms with Crippen molar-refractivity contribution in [2.75, 3.05) is 17.7 Å². The van der Waals surface area contributed by atoms with Crippen LogP contribution in [0.2, 0.25) is 0 Å². The Labute approximate surface area is 111 Å². The van der Waals surface area contributed by atoms with Crippen LogP contribution in [0.3, 0.4) is 0 Å². The Bertz CT molecular complexity index is 592. The average Bonchev–Trinajstić information content (AvgIpc) is 2.71. The van der Waals surface area contributed by atoms with Gasteiger partial charge in [-0.15, -0.1) is 0 Å². The summed E-state index contributed by atoms with van der Waals surface area (Å²) in [5.41, 5.74) is 6.86. The Morgan fingerprint density at radius 1 is 1.47 bits per heavy atom. The van der Waals surface area contributed by atoms with Crippen molar-refractivity contribution in [3.05, 3.63) is 36.2 Å². The number of nitrogens with zero attached hydrogens (tertiary/aromatic N) is 2. The van der Waals surface area contributed by atoms with Gasteiger partial charge in [0.1, 0.15) is 5.75 Å². The van der Waals surface area contributed by atoms with Gasteiger partial charge < -0.3 is 15.8 Å². The van der Waals surface area contributed by atoms with E-state index in [1.54, 1.807) is 25.4 Å². The van der Waals surface area contributed by atoms with Gasteiger partial charge in [-0.2, -0.15) is 5.10 Å². The summed E-state index contributed by atoms with van der Waals surface area (Å²) in [6.07, 6.45) is 1.59. The number of para-hydroxylation sites is 2. The number of carbonyl (C=O) groups excluding carboxylic acids is 1. The van der Waals surface area contributed by atoms with E-state index in [0.717, 1.165) is 0 Å². The highest BCUT2D eigenvalue weighted by Gasteiger charge is 2.15. The van der Waals surface area contributed by atoms with Crippen molar-refractivity contribution in [2.24, 2.45) is 7.05 Å². The molecule has 1 aromatic carbocycles. The first-order valence-electron chi connectivity index (χ1n) is 5.94. The molecule has 1 heterocycles. The van der Waals surface area contributed by atoms with Gasteiger partial charge in [0.25, 0.3) is 5.91 Å². The Balaban J connectivity index is 2.21. The maximum atomic E-state index is 12.1. The molecule has 6 nitrogen and oxygen atoms in total. The van der Waals surface area contributed by atoms with Crippen molar-refractivity contribution in [3.63, 3.8) is 0 Å². The third kappa shape index (κ3) is 2.85. The van der Waals surface area contributed by atoms with Gasteiger partial charge in [-0.05, 0) is 19.1 Å².